The van der Waals surface area contributed by atoms with Crippen LogP contribution < -0.4 is 0 Å². The van der Waals surface area contributed by atoms with Gasteiger partial charge in [0.25, 0.3) is 8.68 Å². The molecular weight excluding hydrogens is 168 g/mol. The van der Waals surface area contributed by atoms with E-state index in [2.05, 4.69) is 0 Å². The number of hydrogen-bond donors (Lipinski definition) is 0. The summed E-state index contributed by atoms with van der Waals surface area (Å²) in [5.74, 6) is 0.734. The second kappa shape index (κ2) is 3.38. The molecule has 0 aromatic rings. The van der Waals surface area contributed by atoms with Gasteiger partial charge in [0, 0.05) is 0 Å². The second-order valence-electron chi connectivity index (χ2n) is 4.07. The molecule has 12 heavy (non-hydrogen) atoms. The zero-order chi connectivity index (χ0) is 8.55. The zero-order valence-corrected chi connectivity index (χ0v) is 8.58. The van der Waals surface area contributed by atoms with Gasteiger partial charge in [0.2, 0.25) is 0 Å². The molecule has 1 saturated heterocycles. The van der Waals surface area contributed by atoms with Gasteiger partial charge in [-0.1, -0.05) is 6.42 Å². The number of hydrogen-bond acceptors (Lipinski definition) is 2. The first kappa shape index (κ1) is 8.57. The first-order chi connectivity index (χ1) is 5.77. The van der Waals surface area contributed by atoms with Crippen LogP contribution in [0.2, 0.25) is 12.6 Å². The van der Waals surface area contributed by atoms with E-state index in [1.54, 1.807) is 0 Å². The smallest absolute Gasteiger partial charge is 0.273 e. The van der Waals surface area contributed by atoms with E-state index in [-0.39, 0.29) is 0 Å². The predicted molar refractivity (Wildman–Crippen MR) is 47.7 cm³/mol. The maximum Gasteiger partial charge on any atom is 0.273 e. The van der Waals surface area contributed by atoms with Crippen LogP contribution in [0.4, 0.5) is 0 Å². The highest BCUT2D eigenvalue weighted by Crippen LogP contribution is 2.42. The van der Waals surface area contributed by atoms with Crippen molar-refractivity contribution in [1.82, 2.24) is 0 Å². The Labute approximate surface area is 75.0 Å². The van der Waals surface area contributed by atoms with E-state index in [1.165, 1.54) is 19.3 Å². The first-order valence-electron chi connectivity index (χ1n) is 4.92. The van der Waals surface area contributed by atoms with Crippen molar-refractivity contribution in [2.75, 3.05) is 0 Å². The topological polar surface area (TPSA) is 29.6 Å². The summed E-state index contributed by atoms with van der Waals surface area (Å²) in [7, 11) is -1.24. The molecule has 0 radical (unpaired) electrons. The van der Waals surface area contributed by atoms with Crippen molar-refractivity contribution in [2.24, 2.45) is 5.92 Å². The SMILES string of the molecule is C[Si](=O)CCC1CCCC2OC12. The van der Waals surface area contributed by atoms with Crippen molar-refractivity contribution in [2.45, 2.75) is 50.5 Å². The van der Waals surface area contributed by atoms with Gasteiger partial charge in [-0.25, -0.2) is 0 Å². The lowest BCUT2D eigenvalue weighted by molar-refractivity contribution is 0.314. The first-order valence-corrected chi connectivity index (χ1v) is 7.04. The Morgan fingerprint density at radius 2 is 2.33 bits per heavy atom. The summed E-state index contributed by atoms with van der Waals surface area (Å²) in [6, 6.07) is 0.932. The number of epoxide rings is 1. The summed E-state index contributed by atoms with van der Waals surface area (Å²) in [5.41, 5.74) is 0. The minimum atomic E-state index is -1.24. The standard InChI is InChI=1S/C9H16O2Si/c1-12(10)6-5-7-3-2-4-8-9(7)11-8/h7-9H,2-6H2,1H3. The van der Waals surface area contributed by atoms with Crippen LogP contribution in [-0.4, -0.2) is 20.9 Å². The molecule has 1 saturated carbocycles. The van der Waals surface area contributed by atoms with Crippen molar-refractivity contribution in [1.29, 1.82) is 0 Å². The van der Waals surface area contributed by atoms with E-state index in [0.29, 0.717) is 12.2 Å². The number of rotatable bonds is 3. The van der Waals surface area contributed by atoms with Crippen LogP contribution in [0.3, 0.4) is 0 Å². The third-order valence-corrected chi connectivity index (χ3v) is 4.01. The normalized spacial score (nSPS) is 38.9. The third-order valence-electron chi connectivity index (χ3n) is 3.02. The molecule has 2 fully saturated rings. The van der Waals surface area contributed by atoms with E-state index < -0.39 is 8.68 Å². The van der Waals surface area contributed by atoms with Gasteiger partial charge >= 0.3 is 0 Å². The van der Waals surface area contributed by atoms with Crippen LogP contribution in [0.5, 0.6) is 0 Å². The molecule has 2 aliphatic rings. The lowest BCUT2D eigenvalue weighted by Gasteiger charge is -2.16. The molecule has 1 aliphatic carbocycles. The highest BCUT2D eigenvalue weighted by atomic mass is 28.3. The van der Waals surface area contributed by atoms with Crippen LogP contribution in [0.25, 0.3) is 0 Å². The van der Waals surface area contributed by atoms with Crippen LogP contribution in [0.15, 0.2) is 0 Å². The van der Waals surface area contributed by atoms with Crippen molar-refractivity contribution < 1.29 is 9.20 Å². The third kappa shape index (κ3) is 1.83. The fourth-order valence-corrected chi connectivity index (χ4v) is 3.02. The maximum absolute atomic E-state index is 11.0. The molecule has 1 heterocycles. The predicted octanol–water partition coefficient (Wildman–Crippen LogP) is 2.00. The van der Waals surface area contributed by atoms with Gasteiger partial charge in [-0.2, -0.15) is 0 Å². The van der Waals surface area contributed by atoms with Gasteiger partial charge in [0.1, 0.15) is 0 Å². The maximum atomic E-state index is 11.0. The lowest BCUT2D eigenvalue weighted by atomic mass is 9.87. The van der Waals surface area contributed by atoms with Gasteiger partial charge in [-0.05, 0) is 37.8 Å². The quantitative estimate of drug-likeness (QED) is 0.496. The van der Waals surface area contributed by atoms with Crippen molar-refractivity contribution in [3.05, 3.63) is 0 Å². The molecular formula is C9H16O2Si. The molecule has 3 heteroatoms. The highest BCUT2D eigenvalue weighted by Gasteiger charge is 2.46. The van der Waals surface area contributed by atoms with E-state index in [0.717, 1.165) is 18.4 Å². The summed E-state index contributed by atoms with van der Waals surface area (Å²) in [6.45, 7) is 1.86. The lowest BCUT2D eigenvalue weighted by Crippen LogP contribution is -2.16. The highest BCUT2D eigenvalue weighted by molar-refractivity contribution is 6.40. The Balaban J connectivity index is 1.76. The van der Waals surface area contributed by atoms with E-state index in [9.17, 15) is 4.46 Å². The Morgan fingerprint density at radius 1 is 1.50 bits per heavy atom. The summed E-state index contributed by atoms with van der Waals surface area (Å²) >= 11 is 0. The number of ether oxygens (including phenoxy) is 1. The molecule has 0 bridgehead atoms. The molecule has 2 nitrogen and oxygen atoms in total. The molecule has 0 amide bonds. The van der Waals surface area contributed by atoms with Gasteiger partial charge in [-0.15, -0.1) is 0 Å². The monoisotopic (exact) mass is 184 g/mol. The molecule has 68 valence electrons. The number of fused-ring (bicyclic) bond motifs is 1. The molecule has 3 unspecified atom stereocenters. The molecule has 0 spiro atoms. The van der Waals surface area contributed by atoms with Crippen LogP contribution in [-0.2, 0) is 9.20 Å². The Bertz CT molecular complexity index is 193. The average Bonchev–Trinajstić information content (AvgIpc) is 2.78. The molecule has 0 aromatic carbocycles. The Kier molecular flexibility index (Phi) is 2.41. The largest absolute Gasteiger partial charge is 0.389 e. The molecule has 3 atom stereocenters. The fraction of sp³-hybridized carbons (Fsp3) is 1.00. The summed E-state index contributed by atoms with van der Waals surface area (Å²) in [5, 5.41) is 0. The second-order valence-corrected chi connectivity index (χ2v) is 5.97. The van der Waals surface area contributed by atoms with Crippen molar-refractivity contribution >= 4 is 8.68 Å². The molecule has 0 aromatic heterocycles. The fourth-order valence-electron chi connectivity index (χ4n) is 2.25. The minimum absolute atomic E-state index is 0.556. The van der Waals surface area contributed by atoms with Crippen LogP contribution in [0, 0.1) is 5.92 Å². The van der Waals surface area contributed by atoms with Gasteiger partial charge < -0.3 is 9.20 Å². The zero-order valence-electron chi connectivity index (χ0n) is 7.58. The van der Waals surface area contributed by atoms with E-state index >= 15 is 0 Å². The van der Waals surface area contributed by atoms with Gasteiger partial charge in [-0.3, -0.25) is 0 Å². The van der Waals surface area contributed by atoms with E-state index in [4.69, 9.17) is 4.74 Å². The van der Waals surface area contributed by atoms with Crippen molar-refractivity contribution in [3.8, 4) is 0 Å². The van der Waals surface area contributed by atoms with Gasteiger partial charge in [0.15, 0.2) is 0 Å². The van der Waals surface area contributed by atoms with Crippen LogP contribution >= 0.6 is 0 Å². The van der Waals surface area contributed by atoms with Crippen LogP contribution in [0.1, 0.15) is 25.7 Å². The summed E-state index contributed by atoms with van der Waals surface area (Å²) in [6.07, 6.45) is 6.16. The average molecular weight is 184 g/mol. The molecule has 1 aliphatic heterocycles. The van der Waals surface area contributed by atoms with E-state index in [1.807, 2.05) is 6.55 Å². The van der Waals surface area contributed by atoms with Gasteiger partial charge in [0.05, 0.1) is 12.2 Å². The molecule has 2 rings (SSSR count). The summed E-state index contributed by atoms with van der Waals surface area (Å²) < 4.78 is 16.5. The molecule has 0 N–H and O–H groups in total. The Morgan fingerprint density at radius 3 is 3.08 bits per heavy atom. The summed E-state index contributed by atoms with van der Waals surface area (Å²) in [4.78, 5) is 0. The van der Waals surface area contributed by atoms with Crippen molar-refractivity contribution in [3.63, 3.8) is 0 Å². The minimum Gasteiger partial charge on any atom is -0.389 e. The Hall–Kier alpha value is -0.0231.